The molecule has 4 bridgehead atoms. The van der Waals surface area contributed by atoms with Gasteiger partial charge in [-0.3, -0.25) is 9.59 Å². The fraction of sp³-hybridized carbons (Fsp3) is 0.667. The van der Waals surface area contributed by atoms with Crippen molar-refractivity contribution in [3.8, 4) is 0 Å². The van der Waals surface area contributed by atoms with Crippen LogP contribution in [0.5, 0.6) is 0 Å². The molecule has 0 saturated carbocycles. The average molecular weight is 250 g/mol. The molecule has 4 saturated heterocycles. The Kier molecular flexibility index (Phi) is 1.41. The van der Waals surface area contributed by atoms with E-state index in [9.17, 15) is 9.59 Å². The third-order valence-electron chi connectivity index (χ3n) is 4.92. The molecule has 4 fully saturated rings. The summed E-state index contributed by atoms with van der Waals surface area (Å²) in [5.74, 6) is -0.167. The van der Waals surface area contributed by atoms with Crippen molar-refractivity contribution in [2.24, 2.45) is 23.7 Å². The van der Waals surface area contributed by atoms with Crippen molar-refractivity contribution in [3.63, 3.8) is 0 Å². The van der Waals surface area contributed by atoms with E-state index in [1.165, 1.54) is 0 Å². The van der Waals surface area contributed by atoms with Crippen LogP contribution in [0, 0.1) is 23.7 Å². The van der Waals surface area contributed by atoms with Crippen molar-refractivity contribution in [2.75, 3.05) is 0 Å². The van der Waals surface area contributed by atoms with Gasteiger partial charge in [-0.1, -0.05) is 12.2 Å². The summed E-state index contributed by atoms with van der Waals surface area (Å²) >= 11 is 1.83. The van der Waals surface area contributed by atoms with Crippen LogP contribution in [0.15, 0.2) is 12.2 Å². The fourth-order valence-corrected chi connectivity index (χ4v) is 6.69. The first kappa shape index (κ1) is 9.16. The van der Waals surface area contributed by atoms with Gasteiger partial charge in [-0.15, -0.1) is 0 Å². The SMILES string of the molecule is O=C1OC(=O)C2C3SC(C12)C1C2C=CC(O2)C31. The third-order valence-corrected chi connectivity index (χ3v) is 6.76. The molecule has 0 spiro atoms. The van der Waals surface area contributed by atoms with E-state index < -0.39 is 0 Å². The topological polar surface area (TPSA) is 52.6 Å². The lowest BCUT2D eigenvalue weighted by atomic mass is 9.65. The normalized spacial score (nSPS) is 60.9. The van der Waals surface area contributed by atoms with E-state index in [0.717, 1.165) is 0 Å². The molecule has 0 N–H and O–H groups in total. The summed E-state index contributed by atoms with van der Waals surface area (Å²) in [6, 6.07) is 0. The summed E-state index contributed by atoms with van der Waals surface area (Å²) in [5.41, 5.74) is 0. The number of fused-ring (bicyclic) bond motifs is 12. The van der Waals surface area contributed by atoms with Crippen LogP contribution < -0.4 is 0 Å². The molecular formula is C12H10O4S. The number of ether oxygens (including phenoxy) is 2. The Labute approximate surface area is 102 Å². The van der Waals surface area contributed by atoms with Crippen LogP contribution in [-0.4, -0.2) is 34.6 Å². The molecule has 17 heavy (non-hydrogen) atoms. The van der Waals surface area contributed by atoms with Gasteiger partial charge in [-0.2, -0.15) is 11.8 Å². The van der Waals surface area contributed by atoms with E-state index in [4.69, 9.17) is 9.47 Å². The summed E-state index contributed by atoms with van der Waals surface area (Å²) in [6.07, 6.45) is 4.56. The lowest BCUT2D eigenvalue weighted by Crippen LogP contribution is -2.44. The molecule has 88 valence electrons. The zero-order chi connectivity index (χ0) is 11.3. The number of esters is 2. The van der Waals surface area contributed by atoms with E-state index in [0.29, 0.717) is 11.8 Å². The molecule has 4 nitrogen and oxygen atoms in total. The molecule has 5 aliphatic rings. The number of hydrogen-bond acceptors (Lipinski definition) is 5. The molecule has 5 heteroatoms. The van der Waals surface area contributed by atoms with Gasteiger partial charge in [0.25, 0.3) is 0 Å². The summed E-state index contributed by atoms with van der Waals surface area (Å²) in [6.45, 7) is 0. The summed E-state index contributed by atoms with van der Waals surface area (Å²) in [4.78, 5) is 23.5. The second-order valence-electron chi connectivity index (χ2n) is 5.46. The van der Waals surface area contributed by atoms with Crippen LogP contribution in [0.2, 0.25) is 0 Å². The van der Waals surface area contributed by atoms with E-state index in [1.807, 2.05) is 11.8 Å². The first-order chi connectivity index (χ1) is 8.25. The number of hydrogen-bond donors (Lipinski definition) is 0. The number of cyclic esters (lactones) is 2. The zero-order valence-corrected chi connectivity index (χ0v) is 9.63. The molecule has 5 rings (SSSR count). The Morgan fingerprint density at radius 3 is 2.00 bits per heavy atom. The molecule has 0 radical (unpaired) electrons. The maximum absolute atomic E-state index is 11.7. The van der Waals surface area contributed by atoms with Gasteiger partial charge in [0.2, 0.25) is 0 Å². The second-order valence-corrected chi connectivity index (χ2v) is 6.82. The summed E-state index contributed by atoms with van der Waals surface area (Å²) < 4.78 is 10.7. The number of carbonyl (C=O) groups excluding carboxylic acids is 2. The molecule has 0 aromatic heterocycles. The lowest BCUT2D eigenvalue weighted by molar-refractivity contribution is -0.153. The van der Waals surface area contributed by atoms with Gasteiger partial charge in [0.05, 0.1) is 24.0 Å². The maximum Gasteiger partial charge on any atom is 0.318 e. The van der Waals surface area contributed by atoms with Crippen molar-refractivity contribution in [1.82, 2.24) is 0 Å². The Morgan fingerprint density at radius 2 is 1.47 bits per heavy atom. The van der Waals surface area contributed by atoms with Crippen molar-refractivity contribution in [2.45, 2.75) is 22.7 Å². The van der Waals surface area contributed by atoms with Gasteiger partial charge in [0, 0.05) is 22.3 Å². The number of carbonyl (C=O) groups is 2. The fourth-order valence-electron chi connectivity index (χ4n) is 4.40. The second kappa shape index (κ2) is 2.62. The molecule has 0 aromatic carbocycles. The average Bonchev–Trinajstić information content (AvgIpc) is 3.03. The highest BCUT2D eigenvalue weighted by molar-refractivity contribution is 8.01. The van der Waals surface area contributed by atoms with E-state index in [2.05, 4.69) is 12.2 Å². The first-order valence-electron chi connectivity index (χ1n) is 6.00. The van der Waals surface area contributed by atoms with Crippen LogP contribution in [0.4, 0.5) is 0 Å². The standard InChI is InChI=1S/C12H10O4S/c13-11-7-8(12(14)16-11)10-6-4-2-1-3(15-4)5(6)9(7)17-10/h1-10H. The maximum atomic E-state index is 11.7. The van der Waals surface area contributed by atoms with Crippen molar-refractivity contribution in [3.05, 3.63) is 12.2 Å². The summed E-state index contributed by atoms with van der Waals surface area (Å²) in [5, 5.41) is 0.461. The largest absolute Gasteiger partial charge is 0.393 e. The molecule has 5 aliphatic heterocycles. The van der Waals surface area contributed by atoms with Gasteiger partial charge in [0.15, 0.2) is 0 Å². The monoisotopic (exact) mass is 250 g/mol. The van der Waals surface area contributed by atoms with E-state index in [-0.39, 0.29) is 46.5 Å². The number of thioether (sulfide) groups is 1. The molecular weight excluding hydrogens is 240 g/mol. The molecule has 0 amide bonds. The Morgan fingerprint density at radius 1 is 0.941 bits per heavy atom. The molecule has 8 unspecified atom stereocenters. The highest BCUT2D eigenvalue weighted by Crippen LogP contribution is 2.66. The van der Waals surface area contributed by atoms with Crippen LogP contribution in [0.1, 0.15) is 0 Å². The van der Waals surface area contributed by atoms with E-state index >= 15 is 0 Å². The Hall–Kier alpha value is -0.810. The van der Waals surface area contributed by atoms with Gasteiger partial charge in [0.1, 0.15) is 0 Å². The lowest BCUT2D eigenvalue weighted by Gasteiger charge is -2.32. The Bertz CT molecular complexity index is 447. The Balaban J connectivity index is 1.64. The van der Waals surface area contributed by atoms with Crippen LogP contribution >= 0.6 is 11.8 Å². The van der Waals surface area contributed by atoms with Crippen LogP contribution in [-0.2, 0) is 19.1 Å². The first-order valence-corrected chi connectivity index (χ1v) is 6.95. The van der Waals surface area contributed by atoms with Gasteiger partial charge in [-0.05, 0) is 0 Å². The van der Waals surface area contributed by atoms with Gasteiger partial charge in [-0.25, -0.2) is 0 Å². The van der Waals surface area contributed by atoms with Crippen molar-refractivity contribution in [1.29, 1.82) is 0 Å². The minimum absolute atomic E-state index is 0.164. The van der Waals surface area contributed by atoms with Gasteiger partial charge >= 0.3 is 11.9 Å². The predicted molar refractivity (Wildman–Crippen MR) is 58.0 cm³/mol. The quantitative estimate of drug-likeness (QED) is 0.353. The summed E-state index contributed by atoms with van der Waals surface area (Å²) in [7, 11) is 0. The van der Waals surface area contributed by atoms with Crippen LogP contribution in [0.3, 0.4) is 0 Å². The van der Waals surface area contributed by atoms with E-state index in [1.54, 1.807) is 0 Å². The molecule has 5 heterocycles. The molecule has 0 aromatic rings. The highest BCUT2D eigenvalue weighted by atomic mass is 32.2. The third kappa shape index (κ3) is 0.837. The molecule has 8 atom stereocenters. The molecule has 0 aliphatic carbocycles. The van der Waals surface area contributed by atoms with Crippen molar-refractivity contribution >= 4 is 23.7 Å². The minimum Gasteiger partial charge on any atom is -0.393 e. The smallest absolute Gasteiger partial charge is 0.318 e. The predicted octanol–water partition coefficient (Wildman–Crippen LogP) is 0.369. The minimum atomic E-state index is -0.301. The number of rotatable bonds is 0. The zero-order valence-electron chi connectivity index (χ0n) is 8.81. The highest BCUT2D eigenvalue weighted by Gasteiger charge is 2.72. The van der Waals surface area contributed by atoms with Crippen molar-refractivity contribution < 1.29 is 19.1 Å². The van der Waals surface area contributed by atoms with Gasteiger partial charge < -0.3 is 9.47 Å². The van der Waals surface area contributed by atoms with Crippen LogP contribution in [0.25, 0.3) is 0 Å².